The zero-order valence-electron chi connectivity index (χ0n) is 10.5. The molecule has 0 aliphatic heterocycles. The highest BCUT2D eigenvalue weighted by Gasteiger charge is 2.49. The molecule has 2 rings (SSSR count). The maximum Gasteiger partial charge on any atom is 0.416 e. The number of hydrogen-bond acceptors (Lipinski definition) is 3. The van der Waals surface area contributed by atoms with Crippen LogP contribution in [0.4, 0.5) is 13.2 Å². The summed E-state index contributed by atoms with van der Waals surface area (Å²) in [4.78, 5) is 10.9. The van der Waals surface area contributed by atoms with Crippen LogP contribution in [0.25, 0.3) is 0 Å². The zero-order chi connectivity index (χ0) is 15.0. The molecule has 1 aliphatic rings. The van der Waals surface area contributed by atoms with Crippen molar-refractivity contribution < 1.29 is 28.2 Å². The van der Waals surface area contributed by atoms with Gasteiger partial charge in [-0.25, -0.2) is 0 Å². The molecule has 0 spiro atoms. The van der Waals surface area contributed by atoms with E-state index in [1.807, 2.05) is 0 Å². The molecular formula is C13H14F3NO3. The van der Waals surface area contributed by atoms with Gasteiger partial charge in [-0.05, 0) is 36.6 Å². The van der Waals surface area contributed by atoms with Crippen molar-refractivity contribution in [2.24, 2.45) is 5.41 Å². The quantitative estimate of drug-likeness (QED) is 0.778. The van der Waals surface area contributed by atoms with Gasteiger partial charge in [-0.15, -0.1) is 0 Å². The van der Waals surface area contributed by atoms with Crippen LogP contribution >= 0.6 is 0 Å². The summed E-state index contributed by atoms with van der Waals surface area (Å²) in [5.74, 6) is -1.35. The minimum Gasteiger partial charge on any atom is -0.508 e. The lowest BCUT2D eigenvalue weighted by Crippen LogP contribution is -2.29. The normalized spacial score (nSPS) is 16.9. The molecule has 0 bridgehead atoms. The first kappa shape index (κ1) is 14.6. The van der Waals surface area contributed by atoms with E-state index in [0.29, 0.717) is 18.9 Å². The van der Waals surface area contributed by atoms with Crippen molar-refractivity contribution in [2.75, 3.05) is 6.54 Å². The van der Waals surface area contributed by atoms with Crippen LogP contribution in [0.3, 0.4) is 0 Å². The number of carbonyl (C=O) groups is 1. The fourth-order valence-electron chi connectivity index (χ4n) is 2.00. The molecule has 0 aromatic heterocycles. The molecule has 1 saturated carbocycles. The number of alkyl halides is 3. The molecule has 3 N–H and O–H groups in total. The molecule has 1 aromatic carbocycles. The van der Waals surface area contributed by atoms with Crippen molar-refractivity contribution in [3.8, 4) is 5.75 Å². The maximum absolute atomic E-state index is 12.6. The topological polar surface area (TPSA) is 69.6 Å². The predicted octanol–water partition coefficient (Wildman–Crippen LogP) is 2.37. The lowest BCUT2D eigenvalue weighted by Gasteiger charge is -2.13. The SMILES string of the molecule is O=C(O)C1(CNCc2cc(O)cc(C(F)(F)F)c2)CC1. The van der Waals surface area contributed by atoms with Crippen molar-refractivity contribution >= 4 is 5.97 Å². The van der Waals surface area contributed by atoms with E-state index in [0.717, 1.165) is 6.07 Å². The van der Waals surface area contributed by atoms with Gasteiger partial charge < -0.3 is 15.5 Å². The Kier molecular flexibility index (Phi) is 3.64. The van der Waals surface area contributed by atoms with E-state index in [9.17, 15) is 23.1 Å². The highest BCUT2D eigenvalue weighted by molar-refractivity contribution is 5.78. The highest BCUT2D eigenvalue weighted by Crippen LogP contribution is 2.45. The van der Waals surface area contributed by atoms with Gasteiger partial charge in [-0.2, -0.15) is 13.2 Å². The molecule has 0 unspecified atom stereocenters. The standard InChI is InChI=1S/C13H14F3NO3/c14-13(15,16)9-3-8(4-10(18)5-9)6-17-7-12(1-2-12)11(19)20/h3-5,17-18H,1-2,6-7H2,(H,19,20). The van der Waals surface area contributed by atoms with E-state index < -0.39 is 28.9 Å². The van der Waals surface area contributed by atoms with E-state index in [-0.39, 0.29) is 18.7 Å². The van der Waals surface area contributed by atoms with Crippen LogP contribution in [0.15, 0.2) is 18.2 Å². The summed E-state index contributed by atoms with van der Waals surface area (Å²) in [6.45, 7) is 0.284. The number of rotatable bonds is 5. The number of aromatic hydroxyl groups is 1. The fourth-order valence-corrected chi connectivity index (χ4v) is 2.00. The van der Waals surface area contributed by atoms with Gasteiger partial charge >= 0.3 is 12.1 Å². The van der Waals surface area contributed by atoms with Crippen LogP contribution in [0, 0.1) is 5.41 Å². The molecule has 20 heavy (non-hydrogen) atoms. The smallest absolute Gasteiger partial charge is 0.416 e. The highest BCUT2D eigenvalue weighted by atomic mass is 19.4. The van der Waals surface area contributed by atoms with Gasteiger partial charge in [-0.3, -0.25) is 4.79 Å². The summed E-state index contributed by atoms with van der Waals surface area (Å²) < 4.78 is 37.7. The van der Waals surface area contributed by atoms with Gasteiger partial charge in [0.1, 0.15) is 5.75 Å². The molecule has 110 valence electrons. The third kappa shape index (κ3) is 3.22. The van der Waals surface area contributed by atoms with Gasteiger partial charge in [0.25, 0.3) is 0 Å². The number of benzene rings is 1. The summed E-state index contributed by atoms with van der Waals surface area (Å²) in [5, 5.41) is 21.1. The average molecular weight is 289 g/mol. The lowest BCUT2D eigenvalue weighted by molar-refractivity contribution is -0.143. The van der Waals surface area contributed by atoms with Crippen LogP contribution in [0.2, 0.25) is 0 Å². The Labute approximate surface area is 113 Å². The number of carboxylic acid groups (broad SMARTS) is 1. The first-order chi connectivity index (χ1) is 9.23. The van der Waals surface area contributed by atoms with Crippen molar-refractivity contribution in [2.45, 2.75) is 25.6 Å². The Morgan fingerprint density at radius 3 is 2.45 bits per heavy atom. The summed E-state index contributed by atoms with van der Waals surface area (Å²) in [6, 6.07) is 2.82. The third-order valence-corrected chi connectivity index (χ3v) is 3.40. The summed E-state index contributed by atoms with van der Waals surface area (Å²) >= 11 is 0. The first-order valence-electron chi connectivity index (χ1n) is 6.07. The first-order valence-corrected chi connectivity index (χ1v) is 6.07. The van der Waals surface area contributed by atoms with Crippen LogP contribution in [0.5, 0.6) is 5.75 Å². The number of nitrogens with one attached hydrogen (secondary N) is 1. The van der Waals surface area contributed by atoms with E-state index >= 15 is 0 Å². The number of phenolic OH excluding ortho intramolecular Hbond substituents is 1. The number of phenols is 1. The number of aliphatic carboxylic acids is 1. The average Bonchev–Trinajstić information content (AvgIpc) is 3.08. The van der Waals surface area contributed by atoms with Crippen LogP contribution in [-0.4, -0.2) is 22.7 Å². The summed E-state index contributed by atoms with van der Waals surface area (Å²) in [6.07, 6.45) is -3.38. The molecule has 1 aliphatic carbocycles. The predicted molar refractivity (Wildman–Crippen MR) is 64.1 cm³/mol. The Hall–Kier alpha value is -1.76. The van der Waals surface area contributed by atoms with E-state index in [1.54, 1.807) is 0 Å². The zero-order valence-corrected chi connectivity index (χ0v) is 10.5. The second-order valence-electron chi connectivity index (χ2n) is 5.07. The van der Waals surface area contributed by atoms with Gasteiger partial charge in [0.05, 0.1) is 11.0 Å². The largest absolute Gasteiger partial charge is 0.508 e. The summed E-state index contributed by atoms with van der Waals surface area (Å²) in [5.41, 5.74) is -1.43. The monoisotopic (exact) mass is 289 g/mol. The lowest BCUT2D eigenvalue weighted by atomic mass is 10.1. The van der Waals surface area contributed by atoms with E-state index in [4.69, 9.17) is 5.11 Å². The van der Waals surface area contributed by atoms with Crippen LogP contribution in [-0.2, 0) is 17.5 Å². The number of hydrogen-bond donors (Lipinski definition) is 3. The molecule has 0 amide bonds. The number of halogens is 3. The molecule has 7 heteroatoms. The molecule has 0 radical (unpaired) electrons. The molecule has 0 saturated heterocycles. The second-order valence-corrected chi connectivity index (χ2v) is 5.07. The number of carboxylic acids is 1. The Balaban J connectivity index is 2.00. The molecule has 1 aromatic rings. The minimum atomic E-state index is -4.52. The van der Waals surface area contributed by atoms with Crippen molar-refractivity contribution in [1.82, 2.24) is 5.32 Å². The molecule has 4 nitrogen and oxygen atoms in total. The minimum absolute atomic E-state index is 0.0759. The molecule has 0 heterocycles. The van der Waals surface area contributed by atoms with Crippen molar-refractivity contribution in [3.63, 3.8) is 0 Å². The van der Waals surface area contributed by atoms with Crippen molar-refractivity contribution in [1.29, 1.82) is 0 Å². The molecule has 1 fully saturated rings. The third-order valence-electron chi connectivity index (χ3n) is 3.40. The van der Waals surface area contributed by atoms with Gasteiger partial charge in [0.15, 0.2) is 0 Å². The maximum atomic E-state index is 12.6. The van der Waals surface area contributed by atoms with Crippen LogP contribution in [0.1, 0.15) is 24.0 Å². The Morgan fingerprint density at radius 1 is 1.30 bits per heavy atom. The summed E-state index contributed by atoms with van der Waals surface area (Å²) in [7, 11) is 0. The molecule has 0 atom stereocenters. The van der Waals surface area contributed by atoms with Crippen LogP contribution < -0.4 is 5.32 Å². The van der Waals surface area contributed by atoms with Gasteiger partial charge in [0, 0.05) is 13.1 Å². The van der Waals surface area contributed by atoms with E-state index in [1.165, 1.54) is 6.07 Å². The van der Waals surface area contributed by atoms with Gasteiger partial charge in [0.2, 0.25) is 0 Å². The Bertz CT molecular complexity index is 524. The Morgan fingerprint density at radius 2 is 1.95 bits per heavy atom. The second kappa shape index (κ2) is 4.97. The van der Waals surface area contributed by atoms with Gasteiger partial charge in [-0.1, -0.05) is 0 Å². The van der Waals surface area contributed by atoms with Crippen molar-refractivity contribution in [3.05, 3.63) is 29.3 Å². The fraction of sp³-hybridized carbons (Fsp3) is 0.462. The van der Waals surface area contributed by atoms with E-state index in [2.05, 4.69) is 5.32 Å². The molecular weight excluding hydrogens is 275 g/mol.